The van der Waals surface area contributed by atoms with Gasteiger partial charge in [-0.1, -0.05) is 42.8 Å². The number of nitro benzene ring substituents is 1. The van der Waals surface area contributed by atoms with Gasteiger partial charge in [0.15, 0.2) is 5.17 Å². The maximum Gasteiger partial charge on any atom is 0.277 e. The van der Waals surface area contributed by atoms with Crippen molar-refractivity contribution >= 4 is 39.1 Å². The van der Waals surface area contributed by atoms with Crippen molar-refractivity contribution in [3.63, 3.8) is 0 Å². The zero-order chi connectivity index (χ0) is 22.2. The van der Waals surface area contributed by atoms with Gasteiger partial charge in [-0.15, -0.1) is 0 Å². The molecule has 7 heteroatoms. The number of hydrogen-bond acceptors (Lipinski definition) is 5. The van der Waals surface area contributed by atoms with Gasteiger partial charge in [0.25, 0.3) is 5.69 Å². The highest BCUT2D eigenvalue weighted by atomic mass is 32.2. The highest BCUT2D eigenvalue weighted by Gasteiger charge is 2.40. The fraction of sp³-hybridized carbons (Fsp3) is 0.542. The van der Waals surface area contributed by atoms with Crippen LogP contribution < -0.4 is 0 Å². The smallest absolute Gasteiger partial charge is 0.277 e. The van der Waals surface area contributed by atoms with Crippen molar-refractivity contribution in [2.45, 2.75) is 77.2 Å². The number of ether oxygens (including phenoxy) is 1. The van der Waals surface area contributed by atoms with E-state index >= 15 is 0 Å². The van der Waals surface area contributed by atoms with Gasteiger partial charge in [-0.25, -0.2) is 4.99 Å². The molecular weight excluding hydrogens is 410 g/mol. The maximum absolute atomic E-state index is 11.5. The Morgan fingerprint density at radius 1 is 1.16 bits per heavy atom. The third kappa shape index (κ3) is 4.72. The van der Waals surface area contributed by atoms with Crippen LogP contribution in [0.1, 0.15) is 53.4 Å². The molecule has 1 saturated carbocycles. The first-order chi connectivity index (χ1) is 14.7. The highest BCUT2D eigenvalue weighted by molar-refractivity contribution is 8.14. The second-order valence-electron chi connectivity index (χ2n) is 9.46. The van der Waals surface area contributed by atoms with E-state index in [2.05, 4.69) is 32.6 Å². The predicted molar refractivity (Wildman–Crippen MR) is 128 cm³/mol. The lowest BCUT2D eigenvalue weighted by Crippen LogP contribution is -2.48. The molecule has 2 atom stereocenters. The van der Waals surface area contributed by atoms with Gasteiger partial charge < -0.3 is 9.64 Å². The molecule has 4 rings (SSSR count). The van der Waals surface area contributed by atoms with Crippen molar-refractivity contribution in [2.24, 2.45) is 4.99 Å². The van der Waals surface area contributed by atoms with Crippen LogP contribution in [0.25, 0.3) is 10.8 Å². The van der Waals surface area contributed by atoms with E-state index in [1.807, 2.05) is 18.2 Å². The molecule has 1 aliphatic heterocycles. The minimum absolute atomic E-state index is 0.0920. The number of non-ortho nitro benzene ring substituents is 1. The molecule has 0 radical (unpaired) electrons. The molecule has 2 aliphatic rings. The standard InChI is InChI=1S/C24H31N3O3S/c1-16(30-24(2,3)4)22-15-31-23(26(22)17-9-5-6-10-17)25-20-13-14-21(27(28)29)19-12-8-7-11-18(19)20/h7-8,11-14,16-17,22H,5-6,9-10,15H2,1-4H3/t16?,22-/m1/s1. The summed E-state index contributed by atoms with van der Waals surface area (Å²) in [6, 6.07) is 11.6. The van der Waals surface area contributed by atoms with Gasteiger partial charge in [-0.2, -0.15) is 0 Å². The third-order valence-electron chi connectivity index (χ3n) is 6.05. The van der Waals surface area contributed by atoms with Crippen molar-refractivity contribution < 1.29 is 9.66 Å². The molecule has 2 fully saturated rings. The molecule has 1 unspecified atom stereocenters. The van der Waals surface area contributed by atoms with Crippen molar-refractivity contribution in [3.05, 3.63) is 46.5 Å². The van der Waals surface area contributed by atoms with E-state index in [4.69, 9.17) is 9.73 Å². The van der Waals surface area contributed by atoms with Crippen molar-refractivity contribution in [3.8, 4) is 0 Å². The fourth-order valence-corrected chi connectivity index (χ4v) is 6.13. The summed E-state index contributed by atoms with van der Waals surface area (Å²) in [5.74, 6) is 0.942. The molecule has 0 aromatic heterocycles. The number of thioether (sulfide) groups is 1. The van der Waals surface area contributed by atoms with Crippen molar-refractivity contribution in [1.29, 1.82) is 0 Å². The number of nitro groups is 1. The van der Waals surface area contributed by atoms with Gasteiger partial charge in [0, 0.05) is 23.2 Å². The third-order valence-corrected chi connectivity index (χ3v) is 7.12. The molecule has 1 saturated heterocycles. The Kier molecular flexibility index (Phi) is 6.26. The van der Waals surface area contributed by atoms with Gasteiger partial charge >= 0.3 is 0 Å². The zero-order valence-corrected chi connectivity index (χ0v) is 19.5. The van der Waals surface area contributed by atoms with Crippen LogP contribution in [0, 0.1) is 10.1 Å². The van der Waals surface area contributed by atoms with E-state index in [1.54, 1.807) is 30.0 Å². The summed E-state index contributed by atoms with van der Waals surface area (Å²) in [6.45, 7) is 8.47. The molecule has 0 bridgehead atoms. The summed E-state index contributed by atoms with van der Waals surface area (Å²) < 4.78 is 6.34. The Hall–Kier alpha value is -2.12. The minimum Gasteiger partial charge on any atom is -0.371 e. The van der Waals surface area contributed by atoms with Crippen LogP contribution in [-0.4, -0.2) is 44.5 Å². The van der Waals surface area contributed by atoms with Gasteiger partial charge in [0.05, 0.1) is 33.7 Å². The number of amidine groups is 1. The van der Waals surface area contributed by atoms with E-state index in [9.17, 15) is 10.1 Å². The second-order valence-corrected chi connectivity index (χ2v) is 10.4. The SMILES string of the molecule is CC(OC(C)(C)C)[C@H]1CSC(=Nc2ccc([N+](=O)[O-])c3ccccc23)N1C1CCCC1. The van der Waals surface area contributed by atoms with Crippen LogP contribution in [0.2, 0.25) is 0 Å². The molecular formula is C24H31N3O3S. The molecule has 1 heterocycles. The molecule has 0 spiro atoms. The summed E-state index contributed by atoms with van der Waals surface area (Å²) in [4.78, 5) is 18.7. The van der Waals surface area contributed by atoms with Crippen LogP contribution in [0.5, 0.6) is 0 Å². The predicted octanol–water partition coefficient (Wildman–Crippen LogP) is 6.30. The molecule has 166 valence electrons. The average Bonchev–Trinajstić information content (AvgIpc) is 3.36. The second kappa shape index (κ2) is 8.79. The van der Waals surface area contributed by atoms with Crippen LogP contribution in [-0.2, 0) is 4.74 Å². The lowest BCUT2D eigenvalue weighted by molar-refractivity contribution is -0.383. The summed E-state index contributed by atoms with van der Waals surface area (Å²) in [5, 5.41) is 13.9. The molecule has 0 N–H and O–H groups in total. The van der Waals surface area contributed by atoms with Gasteiger partial charge in [0.2, 0.25) is 0 Å². The lowest BCUT2D eigenvalue weighted by Gasteiger charge is -2.37. The highest BCUT2D eigenvalue weighted by Crippen LogP contribution is 2.39. The summed E-state index contributed by atoms with van der Waals surface area (Å²) in [7, 11) is 0. The Bertz CT molecular complexity index is 995. The average molecular weight is 442 g/mol. The van der Waals surface area contributed by atoms with Crippen LogP contribution >= 0.6 is 11.8 Å². The van der Waals surface area contributed by atoms with Crippen LogP contribution in [0.3, 0.4) is 0 Å². The monoisotopic (exact) mass is 441 g/mol. The number of benzene rings is 2. The van der Waals surface area contributed by atoms with E-state index in [1.165, 1.54) is 25.7 Å². The van der Waals surface area contributed by atoms with Gasteiger partial charge in [-0.05, 0) is 52.7 Å². The first-order valence-electron chi connectivity index (χ1n) is 11.1. The topological polar surface area (TPSA) is 68.0 Å². The van der Waals surface area contributed by atoms with Gasteiger partial charge in [0.1, 0.15) is 0 Å². The van der Waals surface area contributed by atoms with E-state index in [0.29, 0.717) is 11.4 Å². The normalized spacial score (nSPS) is 22.5. The number of nitrogens with zero attached hydrogens (tertiary/aromatic N) is 3. The van der Waals surface area contributed by atoms with E-state index in [-0.39, 0.29) is 28.4 Å². The first-order valence-corrected chi connectivity index (χ1v) is 12.1. The molecule has 0 amide bonds. The van der Waals surface area contributed by atoms with Gasteiger partial charge in [-0.3, -0.25) is 10.1 Å². The summed E-state index contributed by atoms with van der Waals surface area (Å²) in [5.41, 5.74) is 0.716. The number of fused-ring (bicyclic) bond motifs is 1. The van der Waals surface area contributed by atoms with Crippen molar-refractivity contribution in [2.75, 3.05) is 5.75 Å². The molecule has 6 nitrogen and oxygen atoms in total. The number of hydrogen-bond donors (Lipinski definition) is 0. The van der Waals surface area contributed by atoms with E-state index in [0.717, 1.165) is 22.0 Å². The van der Waals surface area contributed by atoms with Crippen LogP contribution in [0.4, 0.5) is 11.4 Å². The number of aliphatic imine (C=N–C) groups is 1. The Labute approximate surface area is 188 Å². The summed E-state index contributed by atoms with van der Waals surface area (Å²) in [6.07, 6.45) is 4.95. The molecule has 2 aromatic rings. The minimum atomic E-state index is -0.323. The lowest BCUT2D eigenvalue weighted by atomic mass is 10.1. The first kappa shape index (κ1) is 22.1. The van der Waals surface area contributed by atoms with Crippen LogP contribution in [0.15, 0.2) is 41.4 Å². The Morgan fingerprint density at radius 3 is 2.48 bits per heavy atom. The van der Waals surface area contributed by atoms with Crippen molar-refractivity contribution in [1.82, 2.24) is 4.90 Å². The molecule has 2 aromatic carbocycles. The Balaban J connectivity index is 1.73. The number of rotatable bonds is 5. The molecule has 1 aliphatic carbocycles. The largest absolute Gasteiger partial charge is 0.371 e. The van der Waals surface area contributed by atoms with E-state index < -0.39 is 0 Å². The fourth-order valence-electron chi connectivity index (χ4n) is 4.78. The zero-order valence-electron chi connectivity index (χ0n) is 18.7. The summed E-state index contributed by atoms with van der Waals surface area (Å²) >= 11 is 1.78. The Morgan fingerprint density at radius 2 is 1.84 bits per heavy atom. The molecule has 31 heavy (non-hydrogen) atoms. The quantitative estimate of drug-likeness (QED) is 0.402. The maximum atomic E-state index is 11.5.